The van der Waals surface area contributed by atoms with Crippen LogP contribution in [0.4, 0.5) is 5.69 Å². The maximum Gasteiger partial charge on any atom is 0.277 e. The van der Waals surface area contributed by atoms with E-state index in [2.05, 4.69) is 20.6 Å². The van der Waals surface area contributed by atoms with Gasteiger partial charge in [-0.15, -0.1) is 5.10 Å². The molecule has 2 rings (SSSR count). The van der Waals surface area contributed by atoms with E-state index in [1.54, 1.807) is 13.0 Å². The lowest BCUT2D eigenvalue weighted by molar-refractivity contribution is 0.102. The Balaban J connectivity index is 2.19. The first-order valence-corrected chi connectivity index (χ1v) is 6.51. The van der Waals surface area contributed by atoms with E-state index in [0.717, 1.165) is 0 Å². The van der Waals surface area contributed by atoms with Gasteiger partial charge in [-0.1, -0.05) is 28.4 Å². The molecule has 2 heterocycles. The Kier molecular flexibility index (Phi) is 4.53. The van der Waals surface area contributed by atoms with E-state index in [-0.39, 0.29) is 16.0 Å². The van der Waals surface area contributed by atoms with Gasteiger partial charge in [0.05, 0.1) is 18.4 Å². The minimum Gasteiger partial charge on any atom is -0.329 e. The van der Waals surface area contributed by atoms with Crippen LogP contribution in [0, 0.1) is 6.92 Å². The molecule has 0 atom stereocenters. The van der Waals surface area contributed by atoms with Gasteiger partial charge >= 0.3 is 0 Å². The molecule has 0 saturated heterocycles. The molecule has 9 heteroatoms. The van der Waals surface area contributed by atoms with Crippen LogP contribution in [0.2, 0.25) is 10.3 Å². The smallest absolute Gasteiger partial charge is 0.277 e. The number of carbonyl (C=O) groups is 1. The standard InChI is InChI=1S/C11H12Cl2N6O/c1-6-4-8(12)15-10(13)9(6)16-11(20)7-5-19(3-2-14)18-17-7/h4-5H,2-3,14H2,1H3,(H,16,20). The monoisotopic (exact) mass is 314 g/mol. The highest BCUT2D eigenvalue weighted by atomic mass is 35.5. The zero-order valence-corrected chi connectivity index (χ0v) is 12.1. The third-order valence-electron chi connectivity index (χ3n) is 2.51. The van der Waals surface area contributed by atoms with Crippen LogP contribution in [0.5, 0.6) is 0 Å². The van der Waals surface area contributed by atoms with Crippen LogP contribution in [0.15, 0.2) is 12.3 Å². The molecule has 0 radical (unpaired) electrons. The third-order valence-corrected chi connectivity index (χ3v) is 2.98. The summed E-state index contributed by atoms with van der Waals surface area (Å²) < 4.78 is 1.49. The second kappa shape index (κ2) is 6.17. The lowest BCUT2D eigenvalue weighted by Crippen LogP contribution is -2.14. The molecule has 0 fully saturated rings. The van der Waals surface area contributed by atoms with Crippen LogP contribution in [-0.4, -0.2) is 32.4 Å². The van der Waals surface area contributed by atoms with Gasteiger partial charge < -0.3 is 11.1 Å². The van der Waals surface area contributed by atoms with Crippen molar-refractivity contribution in [2.24, 2.45) is 5.73 Å². The number of nitrogens with zero attached hydrogens (tertiary/aromatic N) is 4. The highest BCUT2D eigenvalue weighted by molar-refractivity contribution is 6.35. The predicted octanol–water partition coefficient (Wildman–Crippen LogP) is 1.50. The normalized spacial score (nSPS) is 10.6. The van der Waals surface area contributed by atoms with E-state index in [9.17, 15) is 4.79 Å². The summed E-state index contributed by atoms with van der Waals surface area (Å²) in [5.41, 5.74) is 6.67. The second-order valence-electron chi connectivity index (χ2n) is 4.04. The van der Waals surface area contributed by atoms with E-state index in [1.165, 1.54) is 10.9 Å². The Labute approximate surface area is 125 Å². The molecule has 0 aliphatic heterocycles. The number of hydrogen-bond acceptors (Lipinski definition) is 5. The minimum atomic E-state index is -0.428. The summed E-state index contributed by atoms with van der Waals surface area (Å²) in [6, 6.07) is 1.61. The summed E-state index contributed by atoms with van der Waals surface area (Å²) in [5, 5.41) is 10.6. The van der Waals surface area contributed by atoms with Gasteiger partial charge in [0.2, 0.25) is 0 Å². The molecule has 2 aromatic heterocycles. The molecule has 0 aromatic carbocycles. The van der Waals surface area contributed by atoms with E-state index in [1.807, 2.05) is 0 Å². The molecule has 20 heavy (non-hydrogen) atoms. The molecular weight excluding hydrogens is 303 g/mol. The highest BCUT2D eigenvalue weighted by Gasteiger charge is 2.15. The van der Waals surface area contributed by atoms with Crippen LogP contribution in [0.1, 0.15) is 16.1 Å². The summed E-state index contributed by atoms with van der Waals surface area (Å²) >= 11 is 11.7. The van der Waals surface area contributed by atoms with Gasteiger partial charge in [0.15, 0.2) is 10.8 Å². The molecule has 0 aliphatic rings. The van der Waals surface area contributed by atoms with Crippen molar-refractivity contribution in [3.63, 3.8) is 0 Å². The fourth-order valence-corrected chi connectivity index (χ4v) is 2.15. The lowest BCUT2D eigenvalue weighted by atomic mass is 10.2. The molecule has 1 amide bonds. The van der Waals surface area contributed by atoms with E-state index in [0.29, 0.717) is 24.3 Å². The number of aryl methyl sites for hydroxylation is 1. The van der Waals surface area contributed by atoms with Crippen molar-refractivity contribution in [2.45, 2.75) is 13.5 Å². The Bertz CT molecular complexity index is 619. The van der Waals surface area contributed by atoms with Crippen LogP contribution in [0.3, 0.4) is 0 Å². The Morgan fingerprint density at radius 3 is 2.90 bits per heavy atom. The minimum absolute atomic E-state index is 0.123. The Hall–Kier alpha value is -1.70. The first-order chi connectivity index (χ1) is 9.51. The number of anilines is 1. The maximum absolute atomic E-state index is 12.0. The SMILES string of the molecule is Cc1cc(Cl)nc(Cl)c1NC(=O)c1cn(CCN)nn1. The molecule has 106 valence electrons. The topological polar surface area (TPSA) is 98.7 Å². The van der Waals surface area contributed by atoms with Crippen molar-refractivity contribution >= 4 is 34.8 Å². The van der Waals surface area contributed by atoms with Crippen molar-refractivity contribution in [3.05, 3.63) is 33.8 Å². The van der Waals surface area contributed by atoms with Crippen molar-refractivity contribution < 1.29 is 4.79 Å². The van der Waals surface area contributed by atoms with Gasteiger partial charge in [0.25, 0.3) is 5.91 Å². The number of pyridine rings is 1. The molecular formula is C11H12Cl2N6O. The van der Waals surface area contributed by atoms with Crippen molar-refractivity contribution in [2.75, 3.05) is 11.9 Å². The molecule has 2 aromatic rings. The van der Waals surface area contributed by atoms with Crippen LogP contribution >= 0.6 is 23.2 Å². The molecule has 3 N–H and O–H groups in total. The van der Waals surface area contributed by atoms with Gasteiger partial charge in [-0.05, 0) is 18.6 Å². The third kappa shape index (κ3) is 3.24. The van der Waals surface area contributed by atoms with E-state index < -0.39 is 5.91 Å². The number of nitrogens with two attached hydrogens (primary N) is 1. The molecule has 7 nitrogen and oxygen atoms in total. The van der Waals surface area contributed by atoms with Crippen molar-refractivity contribution in [1.82, 2.24) is 20.0 Å². The molecule has 0 unspecified atom stereocenters. The van der Waals surface area contributed by atoms with Gasteiger partial charge in [-0.25, -0.2) is 4.98 Å². The van der Waals surface area contributed by atoms with Crippen LogP contribution < -0.4 is 11.1 Å². The Morgan fingerprint density at radius 1 is 1.50 bits per heavy atom. The van der Waals surface area contributed by atoms with Crippen LogP contribution in [0.25, 0.3) is 0 Å². The van der Waals surface area contributed by atoms with Gasteiger partial charge in [0.1, 0.15) is 5.15 Å². The summed E-state index contributed by atoms with van der Waals surface area (Å²) in [6.07, 6.45) is 1.51. The number of rotatable bonds is 4. The maximum atomic E-state index is 12.0. The van der Waals surface area contributed by atoms with Gasteiger partial charge in [-0.3, -0.25) is 9.48 Å². The number of nitrogens with one attached hydrogen (secondary N) is 1. The average Bonchev–Trinajstić information content (AvgIpc) is 2.82. The summed E-state index contributed by atoms with van der Waals surface area (Å²) in [6.45, 7) is 2.67. The van der Waals surface area contributed by atoms with Crippen molar-refractivity contribution in [1.29, 1.82) is 0 Å². The summed E-state index contributed by atoms with van der Waals surface area (Å²) in [7, 11) is 0. The zero-order chi connectivity index (χ0) is 14.7. The Morgan fingerprint density at radius 2 is 2.25 bits per heavy atom. The van der Waals surface area contributed by atoms with E-state index >= 15 is 0 Å². The van der Waals surface area contributed by atoms with Crippen molar-refractivity contribution in [3.8, 4) is 0 Å². The number of aromatic nitrogens is 4. The summed E-state index contributed by atoms with van der Waals surface area (Å²) in [4.78, 5) is 15.9. The van der Waals surface area contributed by atoms with Gasteiger partial charge in [0, 0.05) is 6.54 Å². The first-order valence-electron chi connectivity index (χ1n) is 5.75. The number of halogens is 2. The number of hydrogen-bond donors (Lipinski definition) is 2. The van der Waals surface area contributed by atoms with Gasteiger partial charge in [-0.2, -0.15) is 0 Å². The first kappa shape index (κ1) is 14.7. The zero-order valence-electron chi connectivity index (χ0n) is 10.6. The number of amides is 1. The summed E-state index contributed by atoms with van der Waals surface area (Å²) in [5.74, 6) is -0.428. The quantitative estimate of drug-likeness (QED) is 0.833. The predicted molar refractivity (Wildman–Crippen MR) is 76.0 cm³/mol. The van der Waals surface area contributed by atoms with Crippen LogP contribution in [-0.2, 0) is 6.54 Å². The molecule has 0 bridgehead atoms. The number of carbonyl (C=O) groups excluding carboxylic acids is 1. The largest absolute Gasteiger partial charge is 0.329 e. The fourth-order valence-electron chi connectivity index (χ4n) is 1.57. The fraction of sp³-hybridized carbons (Fsp3) is 0.273. The molecule has 0 aliphatic carbocycles. The second-order valence-corrected chi connectivity index (χ2v) is 4.78. The average molecular weight is 315 g/mol. The lowest BCUT2D eigenvalue weighted by Gasteiger charge is -2.08. The van der Waals surface area contributed by atoms with E-state index in [4.69, 9.17) is 28.9 Å². The molecule has 0 saturated carbocycles. The highest BCUT2D eigenvalue weighted by Crippen LogP contribution is 2.26. The molecule has 0 spiro atoms.